The lowest BCUT2D eigenvalue weighted by atomic mass is 9.99. The maximum atomic E-state index is 13.1. The van der Waals surface area contributed by atoms with Gasteiger partial charge in [-0.15, -0.1) is 0 Å². The number of piperidine rings is 1. The van der Waals surface area contributed by atoms with Crippen LogP contribution < -0.4 is 5.32 Å². The fourth-order valence-electron chi connectivity index (χ4n) is 3.71. The minimum atomic E-state index is -3.62. The Labute approximate surface area is 166 Å². The summed E-state index contributed by atoms with van der Waals surface area (Å²) < 4.78 is 34.8. The van der Waals surface area contributed by atoms with Crippen molar-refractivity contribution in [1.82, 2.24) is 14.2 Å². The van der Waals surface area contributed by atoms with E-state index in [0.717, 1.165) is 23.9 Å². The largest absolute Gasteiger partial charge is 0.385 e. The molecule has 1 aliphatic rings. The van der Waals surface area contributed by atoms with E-state index in [1.807, 2.05) is 18.3 Å². The molecule has 0 bridgehead atoms. The molecule has 1 N–H and O–H groups in total. The lowest BCUT2D eigenvalue weighted by Crippen LogP contribution is -2.45. The molecule has 0 saturated carbocycles. The molecule has 0 radical (unpaired) electrons. The zero-order valence-corrected chi connectivity index (χ0v) is 17.4. The molecule has 1 atom stereocenters. The number of carbonyl (C=O) groups is 1. The van der Waals surface area contributed by atoms with E-state index in [4.69, 9.17) is 4.74 Å². The van der Waals surface area contributed by atoms with Gasteiger partial charge in [0.05, 0.1) is 10.8 Å². The number of fused-ring (bicyclic) bond motifs is 1. The van der Waals surface area contributed by atoms with Gasteiger partial charge in [0, 0.05) is 57.0 Å². The lowest BCUT2D eigenvalue weighted by Gasteiger charge is -2.31. The minimum Gasteiger partial charge on any atom is -0.385 e. The van der Waals surface area contributed by atoms with Crippen molar-refractivity contribution < 1.29 is 17.9 Å². The van der Waals surface area contributed by atoms with Crippen molar-refractivity contribution in [2.45, 2.75) is 37.6 Å². The van der Waals surface area contributed by atoms with E-state index in [2.05, 4.69) is 16.8 Å². The molecular weight excluding hydrogens is 378 g/mol. The lowest BCUT2D eigenvalue weighted by molar-refractivity contribution is -0.126. The van der Waals surface area contributed by atoms with Gasteiger partial charge in [-0.3, -0.25) is 4.79 Å². The number of sulfonamides is 1. The van der Waals surface area contributed by atoms with Crippen LogP contribution in [0.25, 0.3) is 10.9 Å². The van der Waals surface area contributed by atoms with E-state index in [1.165, 1.54) is 4.31 Å². The standard InChI is InChI=1S/C20H29N3O4S/c1-3-22-12-9-16-14-18(7-8-19(16)22)28(25,26)23-11-4-6-17(15-23)20(24)21-10-5-13-27-2/h7-9,12,14,17H,3-6,10-11,13,15H2,1-2H3,(H,21,24)/t17-/m1/s1. The number of ether oxygens (including phenoxy) is 1. The number of benzene rings is 1. The van der Waals surface area contributed by atoms with Crippen LogP contribution in [0.2, 0.25) is 0 Å². The third-order valence-corrected chi connectivity index (χ3v) is 7.16. The molecule has 0 aliphatic carbocycles. The first-order chi connectivity index (χ1) is 13.5. The molecule has 0 spiro atoms. The summed E-state index contributed by atoms with van der Waals surface area (Å²) in [7, 11) is -2.00. The van der Waals surface area contributed by atoms with E-state index in [-0.39, 0.29) is 23.3 Å². The Morgan fingerprint density at radius 3 is 2.89 bits per heavy atom. The van der Waals surface area contributed by atoms with Gasteiger partial charge in [0.25, 0.3) is 0 Å². The molecular formula is C20H29N3O4S. The predicted molar refractivity (Wildman–Crippen MR) is 109 cm³/mol. The Hall–Kier alpha value is -1.90. The zero-order valence-electron chi connectivity index (χ0n) is 16.6. The Kier molecular flexibility index (Phi) is 6.74. The molecule has 8 heteroatoms. The molecule has 3 rings (SSSR count). The number of aryl methyl sites for hydroxylation is 1. The summed E-state index contributed by atoms with van der Waals surface area (Å²) in [6, 6.07) is 7.18. The van der Waals surface area contributed by atoms with Gasteiger partial charge in [-0.25, -0.2) is 8.42 Å². The van der Waals surface area contributed by atoms with Crippen LogP contribution in [0.15, 0.2) is 35.4 Å². The first kappa shape index (κ1) is 20.8. The molecule has 0 unspecified atom stereocenters. The molecule has 1 aromatic carbocycles. The van der Waals surface area contributed by atoms with Crippen LogP contribution in [0.5, 0.6) is 0 Å². The monoisotopic (exact) mass is 407 g/mol. The van der Waals surface area contributed by atoms with Gasteiger partial charge in [-0.2, -0.15) is 4.31 Å². The van der Waals surface area contributed by atoms with Gasteiger partial charge in [0.1, 0.15) is 0 Å². The maximum Gasteiger partial charge on any atom is 0.243 e. The first-order valence-corrected chi connectivity index (χ1v) is 11.3. The number of methoxy groups -OCH3 is 1. The second-order valence-corrected chi connectivity index (χ2v) is 9.10. The highest BCUT2D eigenvalue weighted by Crippen LogP contribution is 2.26. The third kappa shape index (κ3) is 4.39. The molecule has 2 heterocycles. The second kappa shape index (κ2) is 9.07. The van der Waals surface area contributed by atoms with Crippen LogP contribution in [0.1, 0.15) is 26.2 Å². The summed E-state index contributed by atoms with van der Waals surface area (Å²) in [6.07, 6.45) is 4.10. The summed E-state index contributed by atoms with van der Waals surface area (Å²) in [5.41, 5.74) is 1.02. The van der Waals surface area contributed by atoms with E-state index in [0.29, 0.717) is 32.5 Å². The number of amides is 1. The highest BCUT2D eigenvalue weighted by Gasteiger charge is 2.33. The summed E-state index contributed by atoms with van der Waals surface area (Å²) in [5, 5.41) is 3.80. The van der Waals surface area contributed by atoms with Crippen LogP contribution >= 0.6 is 0 Å². The molecule has 28 heavy (non-hydrogen) atoms. The fourth-order valence-corrected chi connectivity index (χ4v) is 5.27. The smallest absolute Gasteiger partial charge is 0.243 e. The zero-order chi connectivity index (χ0) is 20.1. The van der Waals surface area contributed by atoms with Crippen molar-refractivity contribution >= 4 is 26.8 Å². The quantitative estimate of drug-likeness (QED) is 0.681. The van der Waals surface area contributed by atoms with Crippen LogP contribution in [0.4, 0.5) is 0 Å². The Morgan fingerprint density at radius 2 is 2.14 bits per heavy atom. The van der Waals surface area contributed by atoms with Crippen molar-refractivity contribution in [1.29, 1.82) is 0 Å². The molecule has 1 amide bonds. The molecule has 7 nitrogen and oxygen atoms in total. The van der Waals surface area contributed by atoms with Crippen LogP contribution in [0, 0.1) is 5.92 Å². The number of nitrogens with one attached hydrogen (secondary N) is 1. The Balaban J connectivity index is 1.71. The van der Waals surface area contributed by atoms with Gasteiger partial charge < -0.3 is 14.6 Å². The van der Waals surface area contributed by atoms with Crippen molar-refractivity contribution in [3.63, 3.8) is 0 Å². The molecule has 154 valence electrons. The average Bonchev–Trinajstić information content (AvgIpc) is 3.13. The normalized spacial score (nSPS) is 18.4. The van der Waals surface area contributed by atoms with Crippen molar-refractivity contribution in [3.8, 4) is 0 Å². The molecule has 1 saturated heterocycles. The summed E-state index contributed by atoms with van der Waals surface area (Å²) in [6.45, 7) is 4.70. The number of aromatic nitrogens is 1. The van der Waals surface area contributed by atoms with Crippen LogP contribution in [-0.2, 0) is 26.1 Å². The van der Waals surface area contributed by atoms with Gasteiger partial charge in [-0.1, -0.05) is 0 Å². The number of hydrogen-bond acceptors (Lipinski definition) is 4. The fraction of sp³-hybridized carbons (Fsp3) is 0.550. The first-order valence-electron chi connectivity index (χ1n) is 9.83. The molecule has 1 aliphatic heterocycles. The van der Waals surface area contributed by atoms with E-state index in [1.54, 1.807) is 19.2 Å². The van der Waals surface area contributed by atoms with E-state index < -0.39 is 10.0 Å². The van der Waals surface area contributed by atoms with Gasteiger partial charge in [-0.05, 0) is 50.5 Å². The summed E-state index contributed by atoms with van der Waals surface area (Å²) in [5.74, 6) is -0.387. The predicted octanol–water partition coefficient (Wildman–Crippen LogP) is 2.21. The van der Waals surface area contributed by atoms with Gasteiger partial charge >= 0.3 is 0 Å². The molecule has 1 fully saturated rings. The number of hydrogen-bond donors (Lipinski definition) is 1. The van der Waals surface area contributed by atoms with Gasteiger partial charge in [0.2, 0.25) is 15.9 Å². The third-order valence-electron chi connectivity index (χ3n) is 5.30. The Morgan fingerprint density at radius 1 is 1.32 bits per heavy atom. The number of carbonyl (C=O) groups excluding carboxylic acids is 1. The topological polar surface area (TPSA) is 80.6 Å². The Bertz CT molecular complexity index is 923. The second-order valence-electron chi connectivity index (χ2n) is 7.16. The van der Waals surface area contributed by atoms with Crippen molar-refractivity contribution in [2.75, 3.05) is 33.4 Å². The summed E-state index contributed by atoms with van der Waals surface area (Å²) in [4.78, 5) is 12.7. The van der Waals surface area contributed by atoms with E-state index in [9.17, 15) is 13.2 Å². The SMILES string of the molecule is CCn1ccc2cc(S(=O)(=O)N3CCC[C@@H](C(=O)NCCCOC)C3)ccc21. The minimum absolute atomic E-state index is 0.0773. The van der Waals surface area contributed by atoms with E-state index >= 15 is 0 Å². The highest BCUT2D eigenvalue weighted by atomic mass is 32.2. The molecule has 1 aromatic heterocycles. The summed E-state index contributed by atoms with van der Waals surface area (Å²) >= 11 is 0. The number of rotatable bonds is 8. The highest BCUT2D eigenvalue weighted by molar-refractivity contribution is 7.89. The maximum absolute atomic E-state index is 13.1. The van der Waals surface area contributed by atoms with Crippen molar-refractivity contribution in [2.24, 2.45) is 5.92 Å². The molecule has 2 aromatic rings. The van der Waals surface area contributed by atoms with Crippen LogP contribution in [-0.4, -0.2) is 56.5 Å². The average molecular weight is 408 g/mol. The number of nitrogens with zero attached hydrogens (tertiary/aromatic N) is 2. The van der Waals surface area contributed by atoms with Crippen molar-refractivity contribution in [3.05, 3.63) is 30.5 Å². The van der Waals surface area contributed by atoms with Gasteiger partial charge in [0.15, 0.2) is 0 Å². The van der Waals surface area contributed by atoms with Crippen LogP contribution in [0.3, 0.4) is 0 Å².